The van der Waals surface area contributed by atoms with Crippen molar-refractivity contribution in [1.29, 1.82) is 0 Å². The number of benzene rings is 2. The number of hydrogen-bond acceptors (Lipinski definition) is 9. The number of guanidine groups is 1. The Kier molecular flexibility index (Phi) is 9.38. The molecule has 0 saturated carbocycles. The highest BCUT2D eigenvalue weighted by Crippen LogP contribution is 2.30. The fourth-order valence-electron chi connectivity index (χ4n) is 2.44. The molecule has 3 N–H and O–H groups in total. The average Bonchev–Trinajstić information content (AvgIpc) is 2.75. The number of alkyl carbamates (subject to hydrolysis) is 2. The van der Waals surface area contributed by atoms with E-state index in [2.05, 4.69) is 20.9 Å². The van der Waals surface area contributed by atoms with E-state index in [1.54, 1.807) is 32.0 Å². The first kappa shape index (κ1) is 26.1. The summed E-state index contributed by atoms with van der Waals surface area (Å²) in [7, 11) is -4.29. The number of nitrogens with one attached hydrogen (secondary N) is 3. The van der Waals surface area contributed by atoms with E-state index < -0.39 is 34.2 Å². The van der Waals surface area contributed by atoms with Crippen molar-refractivity contribution in [1.82, 2.24) is 10.6 Å². The summed E-state index contributed by atoms with van der Waals surface area (Å²) in [4.78, 5) is 39.2. The molecule has 3 amide bonds. The van der Waals surface area contributed by atoms with Crippen LogP contribution in [0.4, 0.5) is 21.0 Å². The van der Waals surface area contributed by atoms with Gasteiger partial charge in [-0.15, -0.1) is 0 Å². The van der Waals surface area contributed by atoms with E-state index in [4.69, 9.17) is 13.7 Å². The van der Waals surface area contributed by atoms with Crippen molar-refractivity contribution < 1.29 is 36.5 Å². The molecule has 13 heteroatoms. The minimum absolute atomic E-state index is 0.0419. The Bertz CT molecular complexity index is 1140. The number of carbonyl (C=O) groups is 3. The summed E-state index contributed by atoms with van der Waals surface area (Å²) < 4.78 is 40.2. The predicted molar refractivity (Wildman–Crippen MR) is 122 cm³/mol. The van der Waals surface area contributed by atoms with E-state index in [0.29, 0.717) is 0 Å². The number of para-hydroxylation sites is 1. The Balaban J connectivity index is 2.51. The Morgan fingerprint density at radius 2 is 1.50 bits per heavy atom. The van der Waals surface area contributed by atoms with Gasteiger partial charge in [-0.25, -0.2) is 14.6 Å². The van der Waals surface area contributed by atoms with Crippen LogP contribution in [0.1, 0.15) is 20.8 Å². The molecule has 2 rings (SSSR count). The highest BCUT2D eigenvalue weighted by atomic mass is 32.2. The minimum Gasteiger partial charge on any atom is -0.450 e. The summed E-state index contributed by atoms with van der Waals surface area (Å²) in [6.45, 7) is 4.47. The minimum atomic E-state index is -4.29. The van der Waals surface area contributed by atoms with Crippen LogP contribution in [-0.4, -0.2) is 45.7 Å². The van der Waals surface area contributed by atoms with Crippen molar-refractivity contribution in [3.8, 4) is 5.75 Å². The molecule has 0 aromatic heterocycles. The van der Waals surface area contributed by atoms with Crippen molar-refractivity contribution in [3.05, 3.63) is 48.5 Å². The maximum atomic E-state index is 12.8. The molecule has 2 aromatic rings. The smallest absolute Gasteiger partial charge is 0.413 e. The van der Waals surface area contributed by atoms with Crippen LogP contribution in [0.15, 0.2) is 58.4 Å². The molecule has 0 aliphatic rings. The third kappa shape index (κ3) is 8.09. The molecule has 12 nitrogen and oxygen atoms in total. The molecular weight excluding hydrogens is 468 g/mol. The zero-order chi connectivity index (χ0) is 25.1. The lowest BCUT2D eigenvalue weighted by atomic mass is 10.2. The summed E-state index contributed by atoms with van der Waals surface area (Å²) in [5, 5.41) is 6.93. The van der Waals surface area contributed by atoms with Crippen molar-refractivity contribution in [2.45, 2.75) is 25.7 Å². The van der Waals surface area contributed by atoms with Crippen LogP contribution in [0.3, 0.4) is 0 Å². The van der Waals surface area contributed by atoms with Gasteiger partial charge in [0, 0.05) is 6.92 Å². The van der Waals surface area contributed by atoms with Gasteiger partial charge in [-0.2, -0.15) is 8.42 Å². The zero-order valence-electron chi connectivity index (χ0n) is 18.7. The summed E-state index contributed by atoms with van der Waals surface area (Å²) >= 11 is 0. The lowest BCUT2D eigenvalue weighted by Crippen LogP contribution is -2.44. The Morgan fingerprint density at radius 3 is 2.03 bits per heavy atom. The topological polar surface area (TPSA) is 161 Å². The molecular formula is C21H24N4O8S. The highest BCUT2D eigenvalue weighted by molar-refractivity contribution is 7.87. The molecule has 0 unspecified atom stereocenters. The van der Waals surface area contributed by atoms with E-state index >= 15 is 0 Å². The lowest BCUT2D eigenvalue weighted by molar-refractivity contribution is -0.114. The Morgan fingerprint density at radius 1 is 0.912 bits per heavy atom. The van der Waals surface area contributed by atoms with Crippen molar-refractivity contribution >= 4 is 45.5 Å². The van der Waals surface area contributed by atoms with Crippen LogP contribution in [0.2, 0.25) is 0 Å². The number of hydrogen-bond donors (Lipinski definition) is 3. The molecule has 34 heavy (non-hydrogen) atoms. The van der Waals surface area contributed by atoms with Crippen LogP contribution < -0.4 is 20.1 Å². The standard InChI is InChI=1S/C21H24N4O8S/c1-4-31-20(27)24-19(25-21(28)32-5-2)23-18-13-16(11-12-17(18)22-14(3)26)34(29,30)33-15-9-7-6-8-10-15/h6-13H,4-5H2,1-3H3,(H,22,26)(H2,23,24,25,27,28). The maximum absolute atomic E-state index is 12.8. The van der Waals surface area contributed by atoms with Gasteiger partial charge in [0.05, 0.1) is 24.6 Å². The second-order valence-electron chi connectivity index (χ2n) is 6.36. The van der Waals surface area contributed by atoms with E-state index in [1.807, 2.05) is 0 Å². The number of aliphatic imine (C=N–C) groups is 1. The molecule has 0 spiro atoms. The number of nitrogens with zero attached hydrogens (tertiary/aromatic N) is 1. The fraction of sp³-hybridized carbons (Fsp3) is 0.238. The van der Waals surface area contributed by atoms with Gasteiger partial charge in [-0.1, -0.05) is 18.2 Å². The van der Waals surface area contributed by atoms with Gasteiger partial charge in [-0.05, 0) is 44.2 Å². The second-order valence-corrected chi connectivity index (χ2v) is 7.91. The molecule has 0 saturated heterocycles. The van der Waals surface area contributed by atoms with Crippen LogP contribution >= 0.6 is 0 Å². The van der Waals surface area contributed by atoms with Crippen LogP contribution in [-0.2, 0) is 24.4 Å². The van der Waals surface area contributed by atoms with E-state index in [9.17, 15) is 22.8 Å². The molecule has 0 aliphatic carbocycles. The van der Waals surface area contributed by atoms with Gasteiger partial charge in [0.1, 0.15) is 10.6 Å². The average molecular weight is 493 g/mol. The van der Waals surface area contributed by atoms with E-state index in [0.717, 1.165) is 6.07 Å². The second kappa shape index (κ2) is 12.2. The number of ether oxygens (including phenoxy) is 2. The van der Waals surface area contributed by atoms with Crippen LogP contribution in [0.5, 0.6) is 5.75 Å². The normalized spacial score (nSPS) is 10.4. The first-order valence-electron chi connectivity index (χ1n) is 10.0. The summed E-state index contributed by atoms with van der Waals surface area (Å²) in [5.41, 5.74) is -0.0171. The number of anilines is 1. The Hall–Kier alpha value is -4.13. The van der Waals surface area contributed by atoms with Crippen LogP contribution in [0, 0.1) is 0 Å². The molecule has 0 aliphatic heterocycles. The van der Waals surface area contributed by atoms with E-state index in [-0.39, 0.29) is 35.2 Å². The summed E-state index contributed by atoms with van der Waals surface area (Å²) in [6, 6.07) is 11.4. The maximum Gasteiger partial charge on any atom is 0.413 e. The van der Waals surface area contributed by atoms with E-state index in [1.165, 1.54) is 31.2 Å². The van der Waals surface area contributed by atoms with Gasteiger partial charge < -0.3 is 19.0 Å². The van der Waals surface area contributed by atoms with Crippen molar-refractivity contribution in [2.75, 3.05) is 18.5 Å². The van der Waals surface area contributed by atoms with Gasteiger partial charge >= 0.3 is 22.3 Å². The molecule has 0 radical (unpaired) electrons. The largest absolute Gasteiger partial charge is 0.450 e. The third-order valence-corrected chi connectivity index (χ3v) is 4.98. The summed E-state index contributed by atoms with van der Waals surface area (Å²) in [5.74, 6) is -0.806. The predicted octanol–water partition coefficient (Wildman–Crippen LogP) is 2.89. The molecule has 2 aromatic carbocycles. The third-order valence-electron chi connectivity index (χ3n) is 3.74. The SMILES string of the molecule is CCOC(=O)NC(=Nc1cc(S(=O)(=O)Oc2ccccc2)ccc1NC(C)=O)NC(=O)OCC. The fourth-order valence-corrected chi connectivity index (χ4v) is 3.39. The van der Waals surface area contributed by atoms with Crippen LogP contribution in [0.25, 0.3) is 0 Å². The van der Waals surface area contributed by atoms with Crippen molar-refractivity contribution in [2.24, 2.45) is 4.99 Å². The number of carbonyl (C=O) groups excluding carboxylic acids is 3. The summed E-state index contributed by atoms with van der Waals surface area (Å²) in [6.07, 6.45) is -1.87. The van der Waals surface area contributed by atoms with Gasteiger partial charge in [-0.3, -0.25) is 15.4 Å². The van der Waals surface area contributed by atoms with Crippen molar-refractivity contribution in [3.63, 3.8) is 0 Å². The lowest BCUT2D eigenvalue weighted by Gasteiger charge is -2.13. The quantitative estimate of drug-likeness (QED) is 0.302. The first-order valence-corrected chi connectivity index (χ1v) is 11.4. The molecule has 0 fully saturated rings. The number of rotatable bonds is 7. The van der Waals surface area contributed by atoms with Gasteiger partial charge in [0.15, 0.2) is 0 Å². The molecule has 0 atom stereocenters. The zero-order valence-corrected chi connectivity index (χ0v) is 19.5. The molecule has 0 bridgehead atoms. The first-order chi connectivity index (χ1) is 16.1. The molecule has 182 valence electrons. The number of amides is 3. The van der Waals surface area contributed by atoms with Gasteiger partial charge in [0.25, 0.3) is 0 Å². The van der Waals surface area contributed by atoms with Gasteiger partial charge in [0.2, 0.25) is 11.9 Å². The Labute approximate surface area is 196 Å². The monoisotopic (exact) mass is 492 g/mol. The molecule has 0 heterocycles. The highest BCUT2D eigenvalue weighted by Gasteiger charge is 2.20.